The predicted molar refractivity (Wildman–Crippen MR) is 188 cm³/mol. The Morgan fingerprint density at radius 1 is 0.957 bits per heavy atom. The first-order chi connectivity index (χ1) is 22.5. The van der Waals surface area contributed by atoms with Gasteiger partial charge in [-0.05, 0) is 89.6 Å². The van der Waals surface area contributed by atoms with Crippen molar-refractivity contribution in [2.45, 2.75) is 52.7 Å². The van der Waals surface area contributed by atoms with Gasteiger partial charge in [0.25, 0.3) is 5.91 Å². The summed E-state index contributed by atoms with van der Waals surface area (Å²) >= 11 is 0. The minimum atomic E-state index is -0.407. The van der Waals surface area contributed by atoms with Crippen LogP contribution in [0.4, 0.5) is 17.1 Å². The Morgan fingerprint density at radius 3 is 2.34 bits per heavy atom. The monoisotopic (exact) mass is 640 g/mol. The largest absolute Gasteiger partial charge is 0.474 e. The summed E-state index contributed by atoms with van der Waals surface area (Å²) < 4.78 is 11.3. The van der Waals surface area contributed by atoms with Gasteiger partial charge in [0, 0.05) is 43.6 Å². The Labute approximate surface area is 278 Å². The second kappa shape index (κ2) is 16.8. The number of para-hydroxylation sites is 2. The lowest BCUT2D eigenvalue weighted by Crippen LogP contribution is -2.37. The number of nitrogens with zero attached hydrogens (tertiary/aromatic N) is 3. The van der Waals surface area contributed by atoms with Gasteiger partial charge in [-0.2, -0.15) is 0 Å². The van der Waals surface area contributed by atoms with Crippen LogP contribution in [0.3, 0.4) is 0 Å². The van der Waals surface area contributed by atoms with Gasteiger partial charge in [0.1, 0.15) is 11.3 Å². The quantitative estimate of drug-likeness (QED) is 0.0892. The average Bonchev–Trinajstić information content (AvgIpc) is 3.03. The number of anilines is 3. The highest BCUT2D eigenvalue weighted by Crippen LogP contribution is 2.25. The maximum absolute atomic E-state index is 13.2. The maximum atomic E-state index is 13.2. The van der Waals surface area contributed by atoms with E-state index in [0.717, 1.165) is 69.3 Å². The fraction of sp³-hybridized carbons (Fsp3) is 0.378. The summed E-state index contributed by atoms with van der Waals surface area (Å²) in [7, 11) is 0. The van der Waals surface area contributed by atoms with Crippen LogP contribution >= 0.6 is 0 Å². The molecule has 0 spiro atoms. The molecule has 0 aliphatic carbocycles. The van der Waals surface area contributed by atoms with E-state index in [0.29, 0.717) is 35.1 Å². The number of pyridine rings is 1. The normalized spacial score (nSPS) is 13.4. The Balaban J connectivity index is 1.40. The molecule has 1 aliphatic rings. The highest BCUT2D eigenvalue weighted by molar-refractivity contribution is 6.04. The summed E-state index contributed by atoms with van der Waals surface area (Å²) in [6, 6.07) is 18.4. The van der Waals surface area contributed by atoms with E-state index in [-0.39, 0.29) is 11.7 Å². The van der Waals surface area contributed by atoms with E-state index in [1.165, 1.54) is 0 Å². The van der Waals surface area contributed by atoms with Gasteiger partial charge < -0.3 is 30.3 Å². The summed E-state index contributed by atoms with van der Waals surface area (Å²) in [5.74, 6) is 0.786. The third-order valence-corrected chi connectivity index (χ3v) is 7.51. The molecule has 1 saturated heterocycles. The molecule has 2 heterocycles. The van der Waals surface area contributed by atoms with Gasteiger partial charge in [-0.1, -0.05) is 36.9 Å². The number of carbonyl (C=O) groups is 2. The van der Waals surface area contributed by atoms with Gasteiger partial charge >= 0.3 is 0 Å². The van der Waals surface area contributed by atoms with Gasteiger partial charge in [-0.15, -0.1) is 0 Å². The smallest absolute Gasteiger partial charge is 0.274 e. The number of rotatable bonds is 16. The summed E-state index contributed by atoms with van der Waals surface area (Å²) in [6.07, 6.45) is 3.75. The average molecular weight is 641 g/mol. The summed E-state index contributed by atoms with van der Waals surface area (Å²) in [6.45, 7) is 21.5. The van der Waals surface area contributed by atoms with Crippen LogP contribution in [0.2, 0.25) is 0 Å². The molecule has 10 heteroatoms. The molecule has 1 fully saturated rings. The number of unbranched alkanes of at least 4 members (excludes halogenated alkanes) is 1. The van der Waals surface area contributed by atoms with Crippen molar-refractivity contribution in [1.82, 2.24) is 14.8 Å². The first-order valence-corrected chi connectivity index (χ1v) is 16.1. The molecule has 4 rings (SSSR count). The zero-order valence-corrected chi connectivity index (χ0v) is 28.1. The molecule has 1 aromatic heterocycles. The van der Waals surface area contributed by atoms with E-state index in [1.807, 2.05) is 63.2 Å². The number of carbonyl (C=O) groups excluding carboxylic acids is 2. The molecule has 3 N–H and O–H groups in total. The van der Waals surface area contributed by atoms with Crippen LogP contribution in [0.5, 0.6) is 0 Å². The maximum Gasteiger partial charge on any atom is 0.274 e. The molecule has 1 amide bonds. The minimum absolute atomic E-state index is 0.00851. The van der Waals surface area contributed by atoms with E-state index in [9.17, 15) is 9.59 Å². The zero-order chi connectivity index (χ0) is 33.8. The fourth-order valence-electron chi connectivity index (χ4n) is 5.14. The van der Waals surface area contributed by atoms with Gasteiger partial charge in [-0.25, -0.2) is 0 Å². The van der Waals surface area contributed by atoms with Crippen LogP contribution in [-0.2, 0) is 16.0 Å². The van der Waals surface area contributed by atoms with Crippen molar-refractivity contribution in [3.63, 3.8) is 0 Å². The Bertz CT molecular complexity index is 1530. The molecule has 250 valence electrons. The van der Waals surface area contributed by atoms with E-state index in [4.69, 9.17) is 9.47 Å². The second-order valence-corrected chi connectivity index (χ2v) is 12.6. The van der Waals surface area contributed by atoms with E-state index in [2.05, 4.69) is 43.9 Å². The van der Waals surface area contributed by atoms with Crippen LogP contribution in [0.15, 0.2) is 91.7 Å². The van der Waals surface area contributed by atoms with Crippen LogP contribution in [0.1, 0.15) is 66.9 Å². The number of benzene rings is 2. The number of amides is 1. The molecule has 47 heavy (non-hydrogen) atoms. The standard InChI is InChI=1S/C37H48N6O4/c1-27(44)31-12-11-13-32(24-31)39-28(2)43(19-10-9-18-42-20-22-46-23-21-42)26-30-16-17-35(38-25-30)36(45)41-34-15-8-7-14-33(34)40-29(3)47-37(4,5)6/h7-8,11-17,24-25,39-40H,2-3,9-10,18-23,26H2,1,4-6H3,(H,41,45). The molecule has 0 unspecified atom stereocenters. The molecule has 3 aromatic rings. The fourth-order valence-corrected chi connectivity index (χ4v) is 5.14. The van der Waals surface area contributed by atoms with E-state index in [1.54, 1.807) is 31.3 Å². The number of hydrogen-bond acceptors (Lipinski definition) is 9. The van der Waals surface area contributed by atoms with Gasteiger partial charge in [0.05, 0.1) is 30.4 Å². The third kappa shape index (κ3) is 11.6. The molecule has 10 nitrogen and oxygen atoms in total. The van der Waals surface area contributed by atoms with Crippen molar-refractivity contribution < 1.29 is 19.1 Å². The summed E-state index contributed by atoms with van der Waals surface area (Å²) in [5, 5.41) is 9.46. The number of aromatic nitrogens is 1. The predicted octanol–water partition coefficient (Wildman–Crippen LogP) is 6.73. The highest BCUT2D eigenvalue weighted by Gasteiger charge is 2.16. The number of ether oxygens (including phenoxy) is 2. The number of ketones is 1. The molecule has 2 aromatic carbocycles. The van der Waals surface area contributed by atoms with Gasteiger partial charge in [0.15, 0.2) is 11.7 Å². The molecular formula is C37H48N6O4. The Morgan fingerprint density at radius 2 is 1.68 bits per heavy atom. The van der Waals surface area contributed by atoms with Gasteiger partial charge in [-0.3, -0.25) is 19.5 Å². The lowest BCUT2D eigenvalue weighted by Gasteiger charge is -2.29. The van der Waals surface area contributed by atoms with Crippen LogP contribution in [-0.4, -0.2) is 71.5 Å². The van der Waals surface area contributed by atoms with Crippen molar-refractivity contribution in [1.29, 1.82) is 0 Å². The van der Waals surface area contributed by atoms with E-state index < -0.39 is 5.60 Å². The molecule has 1 aliphatic heterocycles. The zero-order valence-electron chi connectivity index (χ0n) is 28.1. The Hall–Kier alpha value is -4.67. The molecule has 0 atom stereocenters. The third-order valence-electron chi connectivity index (χ3n) is 7.51. The number of hydrogen-bond donors (Lipinski definition) is 3. The SMILES string of the molecule is C=C(Nc1ccccc1NC(=O)c1ccc(CN(CCCCN2CCOCC2)C(=C)Nc2cccc(C(C)=O)c2)cn1)OC(C)(C)C. The Kier molecular flexibility index (Phi) is 12.5. The summed E-state index contributed by atoms with van der Waals surface area (Å²) in [5.41, 5.74) is 3.51. The van der Waals surface area contributed by atoms with Crippen LogP contribution in [0.25, 0.3) is 0 Å². The van der Waals surface area contributed by atoms with Crippen molar-refractivity contribution in [3.8, 4) is 0 Å². The highest BCUT2D eigenvalue weighted by atomic mass is 16.5. The first kappa shape index (κ1) is 35.2. The van der Waals surface area contributed by atoms with Gasteiger partial charge in [0.2, 0.25) is 0 Å². The van der Waals surface area contributed by atoms with E-state index >= 15 is 0 Å². The first-order valence-electron chi connectivity index (χ1n) is 16.1. The lowest BCUT2D eigenvalue weighted by atomic mass is 10.1. The molecule has 0 saturated carbocycles. The molecule has 0 radical (unpaired) electrons. The van der Waals surface area contributed by atoms with Crippen molar-refractivity contribution >= 4 is 28.8 Å². The summed E-state index contributed by atoms with van der Waals surface area (Å²) in [4.78, 5) is 34.2. The number of morpholine rings is 1. The molecular weight excluding hydrogens is 592 g/mol. The lowest BCUT2D eigenvalue weighted by molar-refractivity contribution is 0.0369. The minimum Gasteiger partial charge on any atom is -0.474 e. The molecule has 0 bridgehead atoms. The van der Waals surface area contributed by atoms with Crippen LogP contribution < -0.4 is 16.0 Å². The van der Waals surface area contributed by atoms with Crippen molar-refractivity contribution in [2.24, 2.45) is 0 Å². The second-order valence-electron chi connectivity index (χ2n) is 12.6. The van der Waals surface area contributed by atoms with Crippen molar-refractivity contribution in [2.75, 3.05) is 55.3 Å². The van der Waals surface area contributed by atoms with Crippen molar-refractivity contribution in [3.05, 3.63) is 109 Å². The topological polar surface area (TPSA) is 108 Å². The number of Topliss-reactive ketones (excluding diaryl/α,β-unsaturated/α-hetero) is 1. The van der Waals surface area contributed by atoms with Crippen LogP contribution in [0, 0.1) is 0 Å². The number of nitrogens with one attached hydrogen (secondary N) is 3.